The van der Waals surface area contributed by atoms with Crippen molar-refractivity contribution < 1.29 is 19.4 Å². The van der Waals surface area contributed by atoms with Gasteiger partial charge in [0.05, 0.1) is 0 Å². The van der Waals surface area contributed by atoms with Gasteiger partial charge in [-0.2, -0.15) is 0 Å². The first-order valence-corrected chi connectivity index (χ1v) is 5.78. The molecule has 18 heavy (non-hydrogen) atoms. The number of rotatable bonds is 4. The molecule has 1 aliphatic heterocycles. The maximum atomic E-state index is 11.4. The summed E-state index contributed by atoms with van der Waals surface area (Å²) < 4.78 is 4.99. The lowest BCUT2D eigenvalue weighted by atomic mass is 10.0. The zero-order valence-electron chi connectivity index (χ0n) is 10.1. The largest absolute Gasteiger partial charge is 0.507 e. The van der Waals surface area contributed by atoms with E-state index in [0.29, 0.717) is 12.8 Å². The minimum absolute atomic E-state index is 0.215. The fourth-order valence-corrected chi connectivity index (χ4v) is 1.97. The number of benzene rings is 1. The number of Topliss-reactive ketones (excluding diaryl/α,β-unsaturated/α-hetero) is 1. The first-order chi connectivity index (χ1) is 8.59. The number of aliphatic hydroxyl groups excluding tert-OH is 1. The molecule has 0 aliphatic carbocycles. The third kappa shape index (κ3) is 2.42. The van der Waals surface area contributed by atoms with Crippen LogP contribution in [0.15, 0.2) is 41.7 Å². The van der Waals surface area contributed by atoms with Gasteiger partial charge in [0.1, 0.15) is 5.57 Å². The highest BCUT2D eigenvalue weighted by Crippen LogP contribution is 2.24. The van der Waals surface area contributed by atoms with Crippen molar-refractivity contribution in [2.45, 2.75) is 25.9 Å². The van der Waals surface area contributed by atoms with Gasteiger partial charge >= 0.3 is 5.97 Å². The Bertz CT molecular complexity index is 502. The van der Waals surface area contributed by atoms with Crippen LogP contribution in [-0.2, 0) is 20.7 Å². The van der Waals surface area contributed by atoms with Crippen molar-refractivity contribution >= 4 is 11.8 Å². The lowest BCUT2D eigenvalue weighted by Crippen LogP contribution is -2.12. The average Bonchev–Trinajstić information content (AvgIpc) is 2.63. The standard InChI is InChI=1S/C14H14O4/c1-9(15)12-13(16)11(18-14(12)17)8-7-10-5-3-2-4-6-10/h2-6,11,16H,7-8H2,1H3. The summed E-state index contributed by atoms with van der Waals surface area (Å²) in [6, 6.07) is 9.69. The van der Waals surface area contributed by atoms with E-state index in [1.54, 1.807) is 0 Å². The molecule has 0 amide bonds. The maximum Gasteiger partial charge on any atom is 0.346 e. The van der Waals surface area contributed by atoms with Crippen LogP contribution >= 0.6 is 0 Å². The summed E-state index contributed by atoms with van der Waals surface area (Å²) in [5.41, 5.74) is 0.880. The first kappa shape index (κ1) is 12.4. The van der Waals surface area contributed by atoms with Gasteiger partial charge in [-0.15, -0.1) is 0 Å². The number of ether oxygens (including phenoxy) is 1. The van der Waals surface area contributed by atoms with Crippen molar-refractivity contribution in [3.05, 3.63) is 47.2 Å². The molecule has 1 unspecified atom stereocenters. The number of aliphatic hydroxyl groups is 1. The van der Waals surface area contributed by atoms with Crippen LogP contribution in [-0.4, -0.2) is 23.0 Å². The van der Waals surface area contributed by atoms with E-state index in [2.05, 4.69) is 0 Å². The minimum atomic E-state index is -0.724. The first-order valence-electron chi connectivity index (χ1n) is 5.78. The zero-order valence-corrected chi connectivity index (χ0v) is 10.1. The molecule has 2 rings (SSSR count). The molecule has 1 heterocycles. The predicted molar refractivity (Wildman–Crippen MR) is 65.0 cm³/mol. The number of hydrogen-bond acceptors (Lipinski definition) is 4. The normalized spacial score (nSPS) is 18.9. The summed E-state index contributed by atoms with van der Waals surface area (Å²) in [6.45, 7) is 1.24. The zero-order chi connectivity index (χ0) is 13.1. The van der Waals surface area contributed by atoms with Crippen LogP contribution in [0.5, 0.6) is 0 Å². The molecule has 0 radical (unpaired) electrons. The third-order valence-corrected chi connectivity index (χ3v) is 2.90. The SMILES string of the molecule is CC(=O)C1=C(O)C(CCc2ccccc2)OC1=O. The van der Waals surface area contributed by atoms with E-state index in [0.717, 1.165) is 5.56 Å². The van der Waals surface area contributed by atoms with Crippen molar-refractivity contribution in [3.8, 4) is 0 Å². The molecule has 94 valence electrons. The number of esters is 1. The van der Waals surface area contributed by atoms with E-state index >= 15 is 0 Å². The van der Waals surface area contributed by atoms with Crippen LogP contribution < -0.4 is 0 Å². The van der Waals surface area contributed by atoms with Crippen LogP contribution in [0.1, 0.15) is 18.9 Å². The maximum absolute atomic E-state index is 11.4. The summed E-state index contributed by atoms with van der Waals surface area (Å²) in [5, 5.41) is 9.78. The van der Waals surface area contributed by atoms with Crippen LogP contribution in [0.2, 0.25) is 0 Å². The van der Waals surface area contributed by atoms with E-state index in [1.165, 1.54) is 6.92 Å². The van der Waals surface area contributed by atoms with Gasteiger partial charge in [-0.1, -0.05) is 30.3 Å². The van der Waals surface area contributed by atoms with E-state index in [1.807, 2.05) is 30.3 Å². The van der Waals surface area contributed by atoms with Crippen LogP contribution in [0.4, 0.5) is 0 Å². The number of hydrogen-bond donors (Lipinski definition) is 1. The summed E-state index contributed by atoms with van der Waals surface area (Å²) in [4.78, 5) is 22.6. The van der Waals surface area contributed by atoms with Gasteiger partial charge < -0.3 is 9.84 Å². The van der Waals surface area contributed by atoms with E-state index < -0.39 is 17.9 Å². The average molecular weight is 246 g/mol. The fourth-order valence-electron chi connectivity index (χ4n) is 1.97. The second-order valence-corrected chi connectivity index (χ2v) is 4.23. The second-order valence-electron chi connectivity index (χ2n) is 4.23. The topological polar surface area (TPSA) is 63.6 Å². The van der Waals surface area contributed by atoms with Gasteiger partial charge in [-0.25, -0.2) is 4.79 Å². The number of carbonyl (C=O) groups is 2. The van der Waals surface area contributed by atoms with Crippen molar-refractivity contribution in [3.63, 3.8) is 0 Å². The molecular formula is C14H14O4. The molecule has 1 N–H and O–H groups in total. The molecular weight excluding hydrogens is 232 g/mol. The van der Waals surface area contributed by atoms with Crippen molar-refractivity contribution in [2.75, 3.05) is 0 Å². The molecule has 1 aromatic rings. The predicted octanol–water partition coefficient (Wildman–Crippen LogP) is 1.95. The smallest absolute Gasteiger partial charge is 0.346 e. The highest BCUT2D eigenvalue weighted by molar-refractivity contribution is 6.18. The molecule has 0 saturated carbocycles. The van der Waals surface area contributed by atoms with Crippen LogP contribution in [0, 0.1) is 0 Å². The van der Waals surface area contributed by atoms with E-state index in [-0.39, 0.29) is 11.3 Å². The molecule has 4 nitrogen and oxygen atoms in total. The third-order valence-electron chi connectivity index (χ3n) is 2.90. The van der Waals surface area contributed by atoms with Crippen LogP contribution in [0.25, 0.3) is 0 Å². The number of aryl methyl sites for hydroxylation is 1. The van der Waals surface area contributed by atoms with Gasteiger partial charge in [-0.05, 0) is 25.3 Å². The Morgan fingerprint density at radius 2 is 2.00 bits per heavy atom. The Balaban J connectivity index is 2.04. The summed E-state index contributed by atoms with van der Waals surface area (Å²) in [6.07, 6.45) is 0.448. The van der Waals surface area contributed by atoms with Gasteiger partial charge in [0.2, 0.25) is 0 Å². The summed E-state index contributed by atoms with van der Waals surface area (Å²) >= 11 is 0. The Kier molecular flexibility index (Phi) is 3.46. The molecule has 0 spiro atoms. The molecule has 0 saturated heterocycles. The second kappa shape index (κ2) is 5.04. The molecule has 0 aromatic heterocycles. The van der Waals surface area contributed by atoms with Gasteiger partial charge in [0.15, 0.2) is 17.6 Å². The van der Waals surface area contributed by atoms with Gasteiger partial charge in [0, 0.05) is 0 Å². The quantitative estimate of drug-likeness (QED) is 0.651. The molecule has 0 bridgehead atoms. The molecule has 0 fully saturated rings. The van der Waals surface area contributed by atoms with Crippen molar-refractivity contribution in [1.82, 2.24) is 0 Å². The van der Waals surface area contributed by atoms with Gasteiger partial charge in [-0.3, -0.25) is 4.79 Å². The molecule has 1 atom stereocenters. The fraction of sp³-hybridized carbons (Fsp3) is 0.286. The Morgan fingerprint density at radius 3 is 2.56 bits per heavy atom. The summed E-state index contributed by atoms with van der Waals surface area (Å²) in [5.74, 6) is -1.42. The Hall–Kier alpha value is -2.10. The number of cyclic esters (lactones) is 1. The molecule has 1 aliphatic rings. The van der Waals surface area contributed by atoms with E-state index in [4.69, 9.17) is 4.74 Å². The number of carbonyl (C=O) groups excluding carboxylic acids is 2. The van der Waals surface area contributed by atoms with Crippen molar-refractivity contribution in [2.24, 2.45) is 0 Å². The highest BCUT2D eigenvalue weighted by atomic mass is 16.6. The number of ketones is 1. The Labute approximate surface area is 105 Å². The minimum Gasteiger partial charge on any atom is -0.507 e. The molecule has 1 aromatic carbocycles. The lowest BCUT2D eigenvalue weighted by molar-refractivity contribution is -0.141. The van der Waals surface area contributed by atoms with Crippen LogP contribution in [0.3, 0.4) is 0 Å². The Morgan fingerprint density at radius 1 is 1.33 bits per heavy atom. The monoisotopic (exact) mass is 246 g/mol. The highest BCUT2D eigenvalue weighted by Gasteiger charge is 2.36. The summed E-state index contributed by atoms with van der Waals surface area (Å²) in [7, 11) is 0. The van der Waals surface area contributed by atoms with Crippen molar-refractivity contribution in [1.29, 1.82) is 0 Å². The van der Waals surface area contributed by atoms with Gasteiger partial charge in [0.25, 0.3) is 0 Å². The molecule has 4 heteroatoms. The lowest BCUT2D eigenvalue weighted by Gasteiger charge is -2.09. The van der Waals surface area contributed by atoms with E-state index in [9.17, 15) is 14.7 Å².